The molecule has 5 rings (SSSR count). The maximum atomic E-state index is 14.0. The number of imide groups is 1. The van der Waals surface area contributed by atoms with Gasteiger partial charge >= 0.3 is 0 Å². The van der Waals surface area contributed by atoms with Gasteiger partial charge in [0, 0.05) is 16.6 Å². The van der Waals surface area contributed by atoms with E-state index in [-0.39, 0.29) is 11.3 Å². The van der Waals surface area contributed by atoms with Crippen molar-refractivity contribution in [2.24, 2.45) is 0 Å². The van der Waals surface area contributed by atoms with Gasteiger partial charge in [-0.15, -0.1) is 0 Å². The lowest BCUT2D eigenvalue weighted by molar-refractivity contribution is -0.123. The Kier molecular flexibility index (Phi) is 4.97. The van der Waals surface area contributed by atoms with Gasteiger partial charge in [0.2, 0.25) is 0 Å². The summed E-state index contributed by atoms with van der Waals surface area (Å²) in [7, 11) is 0. The van der Waals surface area contributed by atoms with Gasteiger partial charge in [-0.05, 0) is 56.5 Å². The highest BCUT2D eigenvalue weighted by atomic mass is 16.2. The second-order valence-electron chi connectivity index (χ2n) is 10.1. The summed E-state index contributed by atoms with van der Waals surface area (Å²) in [5, 5.41) is 0. The Labute approximate surface area is 200 Å². The zero-order valence-electron chi connectivity index (χ0n) is 19.9. The predicted molar refractivity (Wildman–Crippen MR) is 132 cm³/mol. The first-order valence-corrected chi connectivity index (χ1v) is 11.6. The number of carbonyl (C=O) groups excluding carboxylic acids is 3. The van der Waals surface area contributed by atoms with E-state index in [2.05, 4.69) is 39.0 Å². The summed E-state index contributed by atoms with van der Waals surface area (Å²) in [6.45, 7) is 7.97. The first-order chi connectivity index (χ1) is 16.2. The summed E-state index contributed by atoms with van der Waals surface area (Å²) in [5.74, 6) is -1.10. The third kappa shape index (κ3) is 3.11. The van der Waals surface area contributed by atoms with Gasteiger partial charge in [0.25, 0.3) is 17.7 Å². The number of rotatable bonds is 3. The van der Waals surface area contributed by atoms with Crippen molar-refractivity contribution in [3.63, 3.8) is 0 Å². The maximum absolute atomic E-state index is 14.0. The van der Waals surface area contributed by atoms with E-state index in [1.807, 2.05) is 36.4 Å². The van der Waals surface area contributed by atoms with Crippen molar-refractivity contribution in [1.29, 1.82) is 0 Å². The molecule has 2 aliphatic rings. The van der Waals surface area contributed by atoms with E-state index < -0.39 is 23.4 Å². The second-order valence-corrected chi connectivity index (χ2v) is 10.1. The van der Waals surface area contributed by atoms with Crippen LogP contribution >= 0.6 is 0 Å². The second kappa shape index (κ2) is 7.66. The molecular weight excluding hydrogens is 424 g/mol. The van der Waals surface area contributed by atoms with E-state index in [0.717, 1.165) is 16.2 Å². The Morgan fingerprint density at radius 1 is 0.794 bits per heavy atom. The highest BCUT2D eigenvalue weighted by molar-refractivity contribution is 6.23. The molecular formula is C29H28N2O3. The number of amides is 3. The number of para-hydroxylation sites is 1. The van der Waals surface area contributed by atoms with Crippen LogP contribution in [0.25, 0.3) is 0 Å². The number of hydrogen-bond acceptors (Lipinski definition) is 3. The molecule has 34 heavy (non-hydrogen) atoms. The molecule has 3 aromatic carbocycles. The lowest BCUT2D eigenvalue weighted by atomic mass is 9.65. The normalized spacial score (nSPS) is 21.8. The Bertz CT molecular complexity index is 1280. The molecule has 172 valence electrons. The highest BCUT2D eigenvalue weighted by Gasteiger charge is 2.50. The van der Waals surface area contributed by atoms with E-state index >= 15 is 0 Å². The molecule has 2 atom stereocenters. The lowest BCUT2D eigenvalue weighted by Crippen LogP contribution is -2.60. The monoisotopic (exact) mass is 452 g/mol. The number of benzene rings is 3. The van der Waals surface area contributed by atoms with Crippen LogP contribution in [0.4, 0.5) is 5.69 Å². The Balaban J connectivity index is 1.57. The van der Waals surface area contributed by atoms with Crippen molar-refractivity contribution in [2.75, 3.05) is 4.90 Å². The van der Waals surface area contributed by atoms with Gasteiger partial charge in [-0.1, -0.05) is 67.6 Å². The lowest BCUT2D eigenvalue weighted by Gasteiger charge is -2.52. The number of fused-ring (bicyclic) bond motifs is 2. The highest BCUT2D eigenvalue weighted by Crippen LogP contribution is 2.50. The van der Waals surface area contributed by atoms with E-state index in [1.165, 1.54) is 5.56 Å². The van der Waals surface area contributed by atoms with Gasteiger partial charge in [-0.2, -0.15) is 0 Å². The molecule has 0 saturated carbocycles. The minimum absolute atomic E-state index is 0.262. The first-order valence-electron chi connectivity index (χ1n) is 11.6. The van der Waals surface area contributed by atoms with Crippen LogP contribution in [-0.4, -0.2) is 34.2 Å². The average Bonchev–Trinajstić information content (AvgIpc) is 3.08. The number of anilines is 1. The Hall–Kier alpha value is -3.73. The quantitative estimate of drug-likeness (QED) is 0.514. The van der Waals surface area contributed by atoms with Gasteiger partial charge < -0.3 is 4.90 Å². The van der Waals surface area contributed by atoms with Crippen LogP contribution in [0.3, 0.4) is 0 Å². The molecule has 0 N–H and O–H groups in total. The van der Waals surface area contributed by atoms with E-state index in [4.69, 9.17) is 0 Å². The fourth-order valence-corrected chi connectivity index (χ4v) is 5.84. The third-order valence-electron chi connectivity index (χ3n) is 7.33. The van der Waals surface area contributed by atoms with Crippen molar-refractivity contribution < 1.29 is 14.4 Å². The van der Waals surface area contributed by atoms with Crippen molar-refractivity contribution in [3.05, 3.63) is 101 Å². The van der Waals surface area contributed by atoms with E-state index in [1.54, 1.807) is 36.1 Å². The van der Waals surface area contributed by atoms with Crippen LogP contribution < -0.4 is 4.90 Å². The molecule has 0 unspecified atom stereocenters. The average molecular weight is 453 g/mol. The standard InChI is InChI=1S/C29H28N2O3/c1-19(30-26(33)21-14-8-9-15-22(21)27(30)34)25(32)31-24-17-11-10-16-23(24)29(4,18-28(31,2)3)20-12-6-5-7-13-20/h5-17,19H,18H2,1-4H3/t19-,29-/m1/s1. The topological polar surface area (TPSA) is 57.7 Å². The fourth-order valence-electron chi connectivity index (χ4n) is 5.84. The zero-order chi connectivity index (χ0) is 24.3. The van der Waals surface area contributed by atoms with Gasteiger partial charge in [0.05, 0.1) is 11.1 Å². The van der Waals surface area contributed by atoms with Gasteiger partial charge in [0.1, 0.15) is 6.04 Å². The molecule has 3 amide bonds. The Morgan fingerprint density at radius 2 is 1.32 bits per heavy atom. The van der Waals surface area contributed by atoms with Crippen LogP contribution in [0.15, 0.2) is 78.9 Å². The van der Waals surface area contributed by atoms with Crippen LogP contribution in [0.5, 0.6) is 0 Å². The molecule has 3 aromatic rings. The summed E-state index contributed by atoms with van der Waals surface area (Å²) in [6.07, 6.45) is 0.696. The van der Waals surface area contributed by atoms with E-state index in [9.17, 15) is 14.4 Å². The summed E-state index contributed by atoms with van der Waals surface area (Å²) < 4.78 is 0. The molecule has 0 aromatic heterocycles. The molecule has 5 heteroatoms. The van der Waals surface area contributed by atoms with Crippen molar-refractivity contribution in [2.45, 2.75) is 51.1 Å². The largest absolute Gasteiger partial charge is 0.305 e. The molecule has 0 radical (unpaired) electrons. The van der Waals surface area contributed by atoms with Gasteiger partial charge in [-0.25, -0.2) is 0 Å². The molecule has 5 nitrogen and oxygen atoms in total. The summed E-state index contributed by atoms with van der Waals surface area (Å²) in [6, 6.07) is 24.1. The fraction of sp³-hybridized carbons (Fsp3) is 0.276. The smallest absolute Gasteiger partial charge is 0.262 e. The molecule has 0 bridgehead atoms. The summed E-state index contributed by atoms with van der Waals surface area (Å²) in [5.41, 5.74) is 2.92. The van der Waals surface area contributed by atoms with Crippen molar-refractivity contribution in [3.8, 4) is 0 Å². The van der Waals surface area contributed by atoms with Crippen molar-refractivity contribution in [1.82, 2.24) is 4.90 Å². The van der Waals surface area contributed by atoms with E-state index in [0.29, 0.717) is 17.5 Å². The molecule has 2 heterocycles. The molecule has 0 aliphatic carbocycles. The van der Waals surface area contributed by atoms with Gasteiger partial charge in [-0.3, -0.25) is 19.3 Å². The zero-order valence-corrected chi connectivity index (χ0v) is 19.9. The molecule has 0 saturated heterocycles. The third-order valence-corrected chi connectivity index (χ3v) is 7.33. The molecule has 0 fully saturated rings. The number of carbonyl (C=O) groups is 3. The van der Waals surface area contributed by atoms with Crippen LogP contribution in [0.1, 0.15) is 66.0 Å². The minimum atomic E-state index is -0.930. The van der Waals surface area contributed by atoms with Crippen LogP contribution in [-0.2, 0) is 10.2 Å². The predicted octanol–water partition coefficient (Wildman–Crippen LogP) is 5.19. The maximum Gasteiger partial charge on any atom is 0.262 e. The minimum Gasteiger partial charge on any atom is -0.305 e. The first kappa shape index (κ1) is 22.1. The molecule has 0 spiro atoms. The van der Waals surface area contributed by atoms with Crippen LogP contribution in [0.2, 0.25) is 0 Å². The van der Waals surface area contributed by atoms with Crippen LogP contribution in [0, 0.1) is 0 Å². The van der Waals surface area contributed by atoms with Gasteiger partial charge in [0.15, 0.2) is 0 Å². The van der Waals surface area contributed by atoms with Crippen molar-refractivity contribution >= 4 is 23.4 Å². The summed E-state index contributed by atoms with van der Waals surface area (Å²) in [4.78, 5) is 43.1. The molecule has 2 aliphatic heterocycles. The SMILES string of the molecule is C[C@H](C(=O)N1c2ccccc2[C@@](C)(c2ccccc2)CC1(C)C)N1C(=O)c2ccccc2C1=O. The number of hydrogen-bond donors (Lipinski definition) is 0. The number of nitrogens with zero attached hydrogens (tertiary/aromatic N) is 2. The Morgan fingerprint density at radius 3 is 1.94 bits per heavy atom. The summed E-state index contributed by atoms with van der Waals surface area (Å²) >= 11 is 0.